The van der Waals surface area contributed by atoms with E-state index in [-0.39, 0.29) is 0 Å². The van der Waals surface area contributed by atoms with E-state index in [9.17, 15) is 5.11 Å². The third-order valence-corrected chi connectivity index (χ3v) is 3.66. The van der Waals surface area contributed by atoms with Crippen molar-refractivity contribution < 1.29 is 9.84 Å². The molecule has 1 aliphatic rings. The Labute approximate surface area is 94.6 Å². The van der Waals surface area contributed by atoms with Gasteiger partial charge in [0.2, 0.25) is 0 Å². The van der Waals surface area contributed by atoms with Crippen LogP contribution < -0.4 is 4.74 Å². The van der Waals surface area contributed by atoms with Gasteiger partial charge in [-0.05, 0) is 19.9 Å². The van der Waals surface area contributed by atoms with E-state index in [0.717, 1.165) is 22.8 Å². The quantitative estimate of drug-likeness (QED) is 0.855. The largest absolute Gasteiger partial charge is 0.488 e. The molecule has 1 aromatic carbocycles. The maximum absolute atomic E-state index is 9.99. The van der Waals surface area contributed by atoms with Crippen molar-refractivity contribution in [2.24, 2.45) is 0 Å². The highest BCUT2D eigenvalue weighted by Crippen LogP contribution is 2.32. The lowest BCUT2D eigenvalue weighted by atomic mass is 9.97. The average Bonchev–Trinajstić information content (AvgIpc) is 2.10. The van der Waals surface area contributed by atoms with E-state index in [4.69, 9.17) is 4.74 Å². The molecule has 1 fully saturated rings. The van der Waals surface area contributed by atoms with Gasteiger partial charge in [-0.3, -0.25) is 0 Å². The standard InChI is InChI=1S/C12H16O2S/c1-12(2,13)10-5-3-4-6-11(10)14-9-7-15-8-9/h3-6,9,13H,7-8H2,1-2H3. The van der Waals surface area contributed by atoms with Crippen molar-refractivity contribution in [1.29, 1.82) is 0 Å². The van der Waals surface area contributed by atoms with Gasteiger partial charge in [0.05, 0.1) is 5.60 Å². The third kappa shape index (κ3) is 2.47. The highest BCUT2D eigenvalue weighted by molar-refractivity contribution is 8.00. The summed E-state index contributed by atoms with van der Waals surface area (Å²) in [6, 6.07) is 7.71. The molecule has 0 bridgehead atoms. The molecule has 1 aromatic rings. The zero-order valence-electron chi connectivity index (χ0n) is 9.06. The van der Waals surface area contributed by atoms with Crippen LogP contribution in [0, 0.1) is 0 Å². The van der Waals surface area contributed by atoms with Crippen molar-refractivity contribution in [3.05, 3.63) is 29.8 Å². The second-order valence-corrected chi connectivity index (χ2v) is 5.41. The van der Waals surface area contributed by atoms with Crippen LogP contribution >= 0.6 is 11.8 Å². The first-order valence-corrected chi connectivity index (χ1v) is 6.29. The Kier molecular flexibility index (Phi) is 2.94. The first-order chi connectivity index (χ1) is 7.07. The molecule has 0 amide bonds. The van der Waals surface area contributed by atoms with Crippen LogP contribution in [0.3, 0.4) is 0 Å². The molecule has 0 radical (unpaired) electrons. The lowest BCUT2D eigenvalue weighted by molar-refractivity contribution is 0.0731. The Bertz CT molecular complexity index is 340. The second-order valence-electron chi connectivity index (χ2n) is 4.33. The van der Waals surface area contributed by atoms with Crippen molar-refractivity contribution >= 4 is 11.8 Å². The lowest BCUT2D eigenvalue weighted by Gasteiger charge is -2.29. The van der Waals surface area contributed by atoms with Gasteiger partial charge in [-0.15, -0.1) is 0 Å². The van der Waals surface area contributed by atoms with E-state index in [0.29, 0.717) is 6.10 Å². The molecule has 0 saturated carbocycles. The topological polar surface area (TPSA) is 29.5 Å². The van der Waals surface area contributed by atoms with Gasteiger partial charge in [0.15, 0.2) is 0 Å². The van der Waals surface area contributed by atoms with E-state index in [1.165, 1.54) is 0 Å². The average molecular weight is 224 g/mol. The minimum atomic E-state index is -0.840. The van der Waals surface area contributed by atoms with Crippen LogP contribution in [-0.4, -0.2) is 22.7 Å². The molecule has 15 heavy (non-hydrogen) atoms. The molecule has 1 aliphatic heterocycles. The fourth-order valence-electron chi connectivity index (χ4n) is 1.54. The second kappa shape index (κ2) is 4.06. The molecular formula is C12H16O2S. The summed E-state index contributed by atoms with van der Waals surface area (Å²) in [6.45, 7) is 3.56. The molecule has 0 aliphatic carbocycles. The monoisotopic (exact) mass is 224 g/mol. The van der Waals surface area contributed by atoms with Gasteiger partial charge < -0.3 is 9.84 Å². The minimum Gasteiger partial charge on any atom is -0.488 e. The number of ether oxygens (including phenoxy) is 1. The fourth-order valence-corrected chi connectivity index (χ4v) is 2.10. The van der Waals surface area contributed by atoms with Crippen molar-refractivity contribution in [2.45, 2.75) is 25.6 Å². The summed E-state index contributed by atoms with van der Waals surface area (Å²) < 4.78 is 5.83. The van der Waals surface area contributed by atoms with Crippen LogP contribution in [0.2, 0.25) is 0 Å². The van der Waals surface area contributed by atoms with Gasteiger partial charge >= 0.3 is 0 Å². The van der Waals surface area contributed by atoms with Gasteiger partial charge in [-0.1, -0.05) is 18.2 Å². The van der Waals surface area contributed by atoms with Gasteiger partial charge in [-0.25, -0.2) is 0 Å². The number of benzene rings is 1. The summed E-state index contributed by atoms with van der Waals surface area (Å²) in [6.07, 6.45) is 0.318. The minimum absolute atomic E-state index is 0.318. The van der Waals surface area contributed by atoms with Gasteiger partial charge in [0.1, 0.15) is 11.9 Å². The molecule has 0 aromatic heterocycles. The maximum Gasteiger partial charge on any atom is 0.125 e. The van der Waals surface area contributed by atoms with Crippen LogP contribution in [0.4, 0.5) is 0 Å². The molecule has 3 heteroatoms. The Morgan fingerprint density at radius 1 is 1.33 bits per heavy atom. The van der Waals surface area contributed by atoms with Crippen molar-refractivity contribution in [2.75, 3.05) is 11.5 Å². The molecule has 2 rings (SSSR count). The predicted octanol–water partition coefficient (Wildman–Crippen LogP) is 2.41. The first-order valence-electron chi connectivity index (χ1n) is 5.13. The summed E-state index contributed by atoms with van der Waals surface area (Å²) >= 11 is 1.89. The fraction of sp³-hybridized carbons (Fsp3) is 0.500. The van der Waals surface area contributed by atoms with Crippen LogP contribution in [0.1, 0.15) is 19.4 Å². The van der Waals surface area contributed by atoms with Crippen molar-refractivity contribution in [3.63, 3.8) is 0 Å². The Balaban J connectivity index is 2.21. The van der Waals surface area contributed by atoms with Crippen molar-refractivity contribution in [1.82, 2.24) is 0 Å². The number of hydrogen-bond acceptors (Lipinski definition) is 3. The Morgan fingerprint density at radius 3 is 2.53 bits per heavy atom. The maximum atomic E-state index is 9.99. The summed E-state index contributed by atoms with van der Waals surface area (Å²) in [5.74, 6) is 2.93. The summed E-state index contributed by atoms with van der Waals surface area (Å²) in [7, 11) is 0. The number of rotatable bonds is 3. The smallest absolute Gasteiger partial charge is 0.125 e. The summed E-state index contributed by atoms with van der Waals surface area (Å²) in [5.41, 5.74) is 0.0231. The number of hydrogen-bond donors (Lipinski definition) is 1. The molecular weight excluding hydrogens is 208 g/mol. The van der Waals surface area contributed by atoms with Crippen molar-refractivity contribution in [3.8, 4) is 5.75 Å². The lowest BCUT2D eigenvalue weighted by Crippen LogP contribution is -2.32. The van der Waals surface area contributed by atoms with Crippen LogP contribution in [0.5, 0.6) is 5.75 Å². The molecule has 1 heterocycles. The normalized spacial score (nSPS) is 17.3. The van der Waals surface area contributed by atoms with Gasteiger partial charge in [0.25, 0.3) is 0 Å². The zero-order chi connectivity index (χ0) is 10.9. The Hall–Kier alpha value is -0.670. The highest BCUT2D eigenvalue weighted by Gasteiger charge is 2.25. The number of thioether (sulfide) groups is 1. The van der Waals surface area contributed by atoms with Gasteiger partial charge in [0, 0.05) is 17.1 Å². The Morgan fingerprint density at radius 2 is 2.00 bits per heavy atom. The van der Waals surface area contributed by atoms with E-state index < -0.39 is 5.60 Å². The number of aliphatic hydroxyl groups is 1. The SMILES string of the molecule is CC(C)(O)c1ccccc1OC1CSC1. The molecule has 82 valence electrons. The molecule has 1 saturated heterocycles. The molecule has 0 atom stereocenters. The van der Waals surface area contributed by atoms with E-state index in [1.807, 2.05) is 36.0 Å². The summed E-state index contributed by atoms with van der Waals surface area (Å²) in [5, 5.41) is 9.99. The molecule has 2 nitrogen and oxygen atoms in total. The third-order valence-electron chi connectivity index (χ3n) is 2.45. The predicted molar refractivity (Wildman–Crippen MR) is 63.4 cm³/mol. The molecule has 1 N–H and O–H groups in total. The molecule has 0 unspecified atom stereocenters. The van der Waals surface area contributed by atoms with Crippen LogP contribution in [0.25, 0.3) is 0 Å². The van der Waals surface area contributed by atoms with E-state index in [1.54, 1.807) is 13.8 Å². The van der Waals surface area contributed by atoms with Crippen LogP contribution in [0.15, 0.2) is 24.3 Å². The van der Waals surface area contributed by atoms with E-state index in [2.05, 4.69) is 0 Å². The highest BCUT2D eigenvalue weighted by atomic mass is 32.2. The number of para-hydroxylation sites is 1. The zero-order valence-corrected chi connectivity index (χ0v) is 9.88. The van der Waals surface area contributed by atoms with E-state index >= 15 is 0 Å². The van der Waals surface area contributed by atoms with Gasteiger partial charge in [-0.2, -0.15) is 11.8 Å². The first kappa shape index (κ1) is 10.8. The molecule has 0 spiro atoms. The summed E-state index contributed by atoms with van der Waals surface area (Å²) in [4.78, 5) is 0. The van der Waals surface area contributed by atoms with Crippen LogP contribution in [-0.2, 0) is 5.60 Å².